The van der Waals surface area contributed by atoms with E-state index in [4.69, 9.17) is 21.1 Å². The van der Waals surface area contributed by atoms with Crippen LogP contribution in [0.4, 0.5) is 5.69 Å². The SMILES string of the molecule is COc1ccc(CN(Cc2ccc(N3CCN(C)CC3)c(Cl)c2)C(=O)c2cc(C3CC3)nn2C)c(OC)c1. The van der Waals surface area contributed by atoms with Gasteiger partial charge in [0.1, 0.15) is 17.2 Å². The molecule has 1 aromatic heterocycles. The Morgan fingerprint density at radius 1 is 1.00 bits per heavy atom. The molecule has 202 valence electrons. The molecule has 3 aromatic rings. The Labute approximate surface area is 229 Å². The van der Waals surface area contributed by atoms with Crippen LogP contribution in [-0.4, -0.2) is 72.9 Å². The minimum absolute atomic E-state index is 0.0796. The minimum Gasteiger partial charge on any atom is -0.497 e. The first-order valence-electron chi connectivity index (χ1n) is 13.1. The number of methoxy groups -OCH3 is 2. The van der Waals surface area contributed by atoms with Gasteiger partial charge in [0.2, 0.25) is 0 Å². The molecule has 2 aromatic carbocycles. The number of piperazine rings is 1. The second kappa shape index (κ2) is 11.3. The number of anilines is 1. The number of rotatable bonds is 9. The fraction of sp³-hybridized carbons (Fsp3) is 0.448. The van der Waals surface area contributed by atoms with Crippen LogP contribution in [0, 0.1) is 0 Å². The first-order chi connectivity index (χ1) is 18.4. The van der Waals surface area contributed by atoms with Gasteiger partial charge in [-0.3, -0.25) is 9.48 Å². The van der Waals surface area contributed by atoms with E-state index in [0.29, 0.717) is 41.2 Å². The van der Waals surface area contributed by atoms with Crippen molar-refractivity contribution < 1.29 is 14.3 Å². The van der Waals surface area contributed by atoms with Crippen LogP contribution in [0.2, 0.25) is 5.02 Å². The van der Waals surface area contributed by atoms with Crippen molar-refractivity contribution in [2.24, 2.45) is 7.05 Å². The molecule has 0 radical (unpaired) electrons. The number of hydrogen-bond acceptors (Lipinski definition) is 6. The van der Waals surface area contributed by atoms with Crippen molar-refractivity contribution >= 4 is 23.2 Å². The average molecular weight is 538 g/mol. The van der Waals surface area contributed by atoms with Crippen molar-refractivity contribution in [3.8, 4) is 11.5 Å². The zero-order chi connectivity index (χ0) is 26.8. The molecule has 2 aliphatic rings. The summed E-state index contributed by atoms with van der Waals surface area (Å²) in [6.07, 6.45) is 2.27. The molecule has 5 rings (SSSR count). The van der Waals surface area contributed by atoms with Crippen LogP contribution >= 0.6 is 11.6 Å². The van der Waals surface area contributed by atoms with Gasteiger partial charge in [-0.2, -0.15) is 5.10 Å². The lowest BCUT2D eigenvalue weighted by molar-refractivity contribution is 0.0717. The van der Waals surface area contributed by atoms with Gasteiger partial charge in [0.05, 0.1) is 37.2 Å². The Bertz CT molecular complexity index is 1300. The van der Waals surface area contributed by atoms with Crippen molar-refractivity contribution in [3.63, 3.8) is 0 Å². The number of likely N-dealkylation sites (N-methyl/N-ethyl adjacent to an activating group) is 1. The van der Waals surface area contributed by atoms with Crippen molar-refractivity contribution in [1.82, 2.24) is 19.6 Å². The maximum absolute atomic E-state index is 13.9. The number of amides is 1. The van der Waals surface area contributed by atoms with Gasteiger partial charge in [0, 0.05) is 57.3 Å². The van der Waals surface area contributed by atoms with E-state index in [0.717, 1.165) is 61.5 Å². The van der Waals surface area contributed by atoms with Gasteiger partial charge in [0.25, 0.3) is 5.91 Å². The highest BCUT2D eigenvalue weighted by molar-refractivity contribution is 6.33. The van der Waals surface area contributed by atoms with Gasteiger partial charge in [-0.15, -0.1) is 0 Å². The zero-order valence-corrected chi connectivity index (χ0v) is 23.4. The Kier molecular flexibility index (Phi) is 7.81. The van der Waals surface area contributed by atoms with E-state index in [1.807, 2.05) is 42.3 Å². The predicted octanol–water partition coefficient (Wildman–Crippen LogP) is 4.56. The molecule has 1 aliphatic carbocycles. The lowest BCUT2D eigenvalue weighted by Crippen LogP contribution is -2.44. The number of benzene rings is 2. The fourth-order valence-electron chi connectivity index (χ4n) is 4.99. The summed E-state index contributed by atoms with van der Waals surface area (Å²) in [5.41, 5.74) is 4.49. The highest BCUT2D eigenvalue weighted by atomic mass is 35.5. The average Bonchev–Trinajstić information content (AvgIpc) is 3.70. The summed E-state index contributed by atoms with van der Waals surface area (Å²) in [5, 5.41) is 5.33. The first-order valence-corrected chi connectivity index (χ1v) is 13.5. The smallest absolute Gasteiger partial charge is 0.272 e. The lowest BCUT2D eigenvalue weighted by atomic mass is 10.1. The Hall–Kier alpha value is -3.23. The van der Waals surface area contributed by atoms with Gasteiger partial charge in [-0.25, -0.2) is 0 Å². The van der Waals surface area contributed by atoms with Crippen LogP contribution < -0.4 is 14.4 Å². The number of hydrogen-bond donors (Lipinski definition) is 0. The highest BCUT2D eigenvalue weighted by Gasteiger charge is 2.30. The predicted molar refractivity (Wildman–Crippen MR) is 149 cm³/mol. The second-order valence-electron chi connectivity index (χ2n) is 10.3. The Morgan fingerprint density at radius 2 is 1.76 bits per heavy atom. The molecule has 38 heavy (non-hydrogen) atoms. The summed E-state index contributed by atoms with van der Waals surface area (Å²) in [6.45, 7) is 4.69. The normalized spacial score (nSPS) is 16.0. The van der Waals surface area contributed by atoms with Gasteiger partial charge >= 0.3 is 0 Å². The summed E-state index contributed by atoms with van der Waals surface area (Å²) in [6, 6.07) is 13.8. The van der Waals surface area contributed by atoms with Crippen LogP contribution in [0.25, 0.3) is 0 Å². The van der Waals surface area contributed by atoms with E-state index in [1.165, 1.54) is 0 Å². The molecular formula is C29H36ClN5O3. The standard InChI is InChI=1S/C29H36ClN5O3/c1-32-11-13-34(14-12-32)26-10-5-20(15-24(26)30)18-35(19-22-8-9-23(37-3)16-28(22)38-4)29(36)27-17-25(21-6-7-21)31-33(27)2/h5,8-10,15-17,21H,6-7,11-14,18-19H2,1-4H3. The fourth-order valence-corrected chi connectivity index (χ4v) is 5.31. The van der Waals surface area contributed by atoms with Crippen LogP contribution in [0.3, 0.4) is 0 Å². The maximum Gasteiger partial charge on any atom is 0.272 e. The molecule has 2 heterocycles. The van der Waals surface area contributed by atoms with Crippen molar-refractivity contribution in [2.45, 2.75) is 31.8 Å². The number of carbonyl (C=O) groups is 1. The Morgan fingerprint density at radius 3 is 2.42 bits per heavy atom. The molecule has 0 N–H and O–H groups in total. The summed E-state index contributed by atoms with van der Waals surface area (Å²) in [5.74, 6) is 1.77. The molecule has 1 amide bonds. The number of carbonyl (C=O) groups excluding carboxylic acids is 1. The zero-order valence-electron chi connectivity index (χ0n) is 22.6. The topological polar surface area (TPSA) is 63.1 Å². The molecule has 8 nitrogen and oxygen atoms in total. The molecular weight excluding hydrogens is 502 g/mol. The number of aryl methyl sites for hydroxylation is 1. The van der Waals surface area contributed by atoms with Crippen molar-refractivity contribution in [3.05, 3.63) is 70.0 Å². The summed E-state index contributed by atoms with van der Waals surface area (Å²) < 4.78 is 12.7. The van der Waals surface area contributed by atoms with Crippen LogP contribution in [0.1, 0.15) is 46.1 Å². The van der Waals surface area contributed by atoms with Crippen LogP contribution in [-0.2, 0) is 20.1 Å². The monoisotopic (exact) mass is 537 g/mol. The molecule has 0 unspecified atom stereocenters. The summed E-state index contributed by atoms with van der Waals surface area (Å²) in [7, 11) is 7.23. The van der Waals surface area contributed by atoms with E-state index >= 15 is 0 Å². The molecule has 1 saturated carbocycles. The number of halogens is 1. The second-order valence-corrected chi connectivity index (χ2v) is 10.7. The quantitative estimate of drug-likeness (QED) is 0.399. The lowest BCUT2D eigenvalue weighted by Gasteiger charge is -2.34. The third-order valence-electron chi connectivity index (χ3n) is 7.49. The van der Waals surface area contributed by atoms with Crippen molar-refractivity contribution in [2.75, 3.05) is 52.3 Å². The van der Waals surface area contributed by atoms with E-state index in [9.17, 15) is 4.79 Å². The van der Waals surface area contributed by atoms with Crippen LogP contribution in [0.5, 0.6) is 11.5 Å². The third-order valence-corrected chi connectivity index (χ3v) is 7.79. The third kappa shape index (κ3) is 5.76. The van der Waals surface area contributed by atoms with E-state index in [-0.39, 0.29) is 5.91 Å². The number of ether oxygens (including phenoxy) is 2. The van der Waals surface area contributed by atoms with E-state index in [2.05, 4.69) is 34.1 Å². The van der Waals surface area contributed by atoms with Gasteiger partial charge < -0.3 is 24.2 Å². The molecule has 2 fully saturated rings. The van der Waals surface area contributed by atoms with Gasteiger partial charge in [-0.05, 0) is 55.8 Å². The van der Waals surface area contributed by atoms with Crippen molar-refractivity contribution in [1.29, 1.82) is 0 Å². The maximum atomic E-state index is 13.9. The molecule has 1 saturated heterocycles. The van der Waals surface area contributed by atoms with E-state index < -0.39 is 0 Å². The van der Waals surface area contributed by atoms with Gasteiger partial charge in [0.15, 0.2) is 0 Å². The Balaban J connectivity index is 1.42. The van der Waals surface area contributed by atoms with Gasteiger partial charge in [-0.1, -0.05) is 17.7 Å². The summed E-state index contributed by atoms with van der Waals surface area (Å²) in [4.78, 5) is 20.4. The van der Waals surface area contributed by atoms with E-state index in [1.54, 1.807) is 18.9 Å². The summed E-state index contributed by atoms with van der Waals surface area (Å²) >= 11 is 6.78. The molecule has 0 bridgehead atoms. The molecule has 0 atom stereocenters. The molecule has 1 aliphatic heterocycles. The number of nitrogens with zero attached hydrogens (tertiary/aromatic N) is 5. The number of aromatic nitrogens is 2. The largest absolute Gasteiger partial charge is 0.497 e. The molecule has 9 heteroatoms. The minimum atomic E-state index is -0.0796. The van der Waals surface area contributed by atoms with Crippen LogP contribution in [0.15, 0.2) is 42.5 Å². The molecule has 0 spiro atoms. The highest BCUT2D eigenvalue weighted by Crippen LogP contribution is 2.39. The first kappa shape index (κ1) is 26.4.